The third-order valence-electron chi connectivity index (χ3n) is 4.67. The van der Waals surface area contributed by atoms with Crippen molar-refractivity contribution in [1.82, 2.24) is 9.80 Å². The molecule has 0 aliphatic carbocycles. The second-order valence-corrected chi connectivity index (χ2v) is 7.02. The molecule has 0 fully saturated rings. The molecule has 0 saturated carbocycles. The van der Waals surface area contributed by atoms with Gasteiger partial charge in [0.15, 0.2) is 0 Å². The minimum absolute atomic E-state index is 0.0136. The van der Waals surface area contributed by atoms with Crippen LogP contribution in [0.3, 0.4) is 0 Å². The lowest BCUT2D eigenvalue weighted by Gasteiger charge is -2.30. The SMILES string of the molecule is OCCN(Cc1ccccc1)C[C@H](O)[C@@H](O)CN(CCO)Cc1ccccc1. The summed E-state index contributed by atoms with van der Waals surface area (Å²) in [4.78, 5) is 3.85. The molecule has 154 valence electrons. The van der Waals surface area contributed by atoms with E-state index < -0.39 is 12.2 Å². The Morgan fingerprint density at radius 3 is 1.29 bits per heavy atom. The maximum atomic E-state index is 10.5. The molecule has 0 aliphatic rings. The molecule has 28 heavy (non-hydrogen) atoms. The number of hydrogen-bond acceptors (Lipinski definition) is 6. The number of aliphatic hydroxyl groups excluding tert-OH is 4. The van der Waals surface area contributed by atoms with Crippen molar-refractivity contribution < 1.29 is 20.4 Å². The van der Waals surface area contributed by atoms with Crippen LogP contribution in [0.1, 0.15) is 11.1 Å². The topological polar surface area (TPSA) is 87.4 Å². The summed E-state index contributed by atoms with van der Waals surface area (Å²) >= 11 is 0. The summed E-state index contributed by atoms with van der Waals surface area (Å²) in [5, 5.41) is 39.7. The highest BCUT2D eigenvalue weighted by Crippen LogP contribution is 2.09. The standard InChI is InChI=1S/C22H32N2O4/c25-13-11-23(15-19-7-3-1-4-8-19)17-21(27)22(28)18-24(12-14-26)16-20-9-5-2-6-10-20/h1-10,21-22,25-28H,11-18H2/t21-,22-/m0/s1. The molecule has 6 nitrogen and oxygen atoms in total. The van der Waals surface area contributed by atoms with E-state index in [9.17, 15) is 20.4 Å². The first kappa shape index (κ1) is 22.5. The Morgan fingerprint density at radius 2 is 0.964 bits per heavy atom. The van der Waals surface area contributed by atoms with Crippen molar-refractivity contribution >= 4 is 0 Å². The summed E-state index contributed by atoms with van der Waals surface area (Å²) in [5.74, 6) is 0. The normalized spacial score (nSPS) is 13.8. The largest absolute Gasteiger partial charge is 0.395 e. The first-order valence-corrected chi connectivity index (χ1v) is 9.72. The zero-order valence-electron chi connectivity index (χ0n) is 16.3. The van der Waals surface area contributed by atoms with E-state index in [0.29, 0.717) is 26.2 Å². The molecule has 4 N–H and O–H groups in total. The van der Waals surface area contributed by atoms with Crippen molar-refractivity contribution in [2.75, 3.05) is 39.4 Å². The predicted octanol–water partition coefficient (Wildman–Crippen LogP) is 0.697. The first-order chi connectivity index (χ1) is 13.6. The van der Waals surface area contributed by atoms with E-state index in [1.807, 2.05) is 70.5 Å². The lowest BCUT2D eigenvalue weighted by Crippen LogP contribution is -2.45. The third-order valence-corrected chi connectivity index (χ3v) is 4.67. The molecule has 0 aliphatic heterocycles. The van der Waals surface area contributed by atoms with E-state index in [2.05, 4.69) is 0 Å². The zero-order valence-corrected chi connectivity index (χ0v) is 16.3. The number of aliphatic hydroxyl groups is 4. The van der Waals surface area contributed by atoms with Gasteiger partial charge in [-0.15, -0.1) is 0 Å². The third kappa shape index (κ3) is 8.06. The minimum atomic E-state index is -0.952. The van der Waals surface area contributed by atoms with E-state index in [0.717, 1.165) is 11.1 Å². The van der Waals surface area contributed by atoms with Crippen LogP contribution in [-0.4, -0.2) is 81.8 Å². The Balaban J connectivity index is 1.91. The van der Waals surface area contributed by atoms with Crippen LogP contribution in [0.4, 0.5) is 0 Å². The van der Waals surface area contributed by atoms with Crippen LogP contribution in [-0.2, 0) is 13.1 Å². The second-order valence-electron chi connectivity index (χ2n) is 7.02. The lowest BCUT2D eigenvalue weighted by molar-refractivity contribution is -0.0254. The highest BCUT2D eigenvalue weighted by atomic mass is 16.3. The Hall–Kier alpha value is -1.80. The fourth-order valence-corrected chi connectivity index (χ4v) is 3.21. The Bertz CT molecular complexity index is 584. The Kier molecular flexibility index (Phi) is 10.1. The zero-order chi connectivity index (χ0) is 20.2. The van der Waals surface area contributed by atoms with Crippen LogP contribution >= 0.6 is 0 Å². The number of hydrogen-bond donors (Lipinski definition) is 4. The number of nitrogens with zero attached hydrogens (tertiary/aromatic N) is 2. The number of rotatable bonds is 13. The Labute approximate surface area is 167 Å². The van der Waals surface area contributed by atoms with E-state index in [1.54, 1.807) is 0 Å². The first-order valence-electron chi connectivity index (χ1n) is 9.72. The van der Waals surface area contributed by atoms with Gasteiger partial charge in [-0.3, -0.25) is 9.80 Å². The molecular formula is C22H32N2O4. The molecule has 0 unspecified atom stereocenters. The maximum absolute atomic E-state index is 10.5. The van der Waals surface area contributed by atoms with Crippen molar-refractivity contribution in [2.45, 2.75) is 25.3 Å². The second kappa shape index (κ2) is 12.6. The molecule has 6 heteroatoms. The van der Waals surface area contributed by atoms with Crippen LogP contribution in [0.25, 0.3) is 0 Å². The highest BCUT2D eigenvalue weighted by Gasteiger charge is 2.22. The molecule has 2 aromatic carbocycles. The molecule has 2 aromatic rings. The smallest absolute Gasteiger partial charge is 0.0938 e. The van der Waals surface area contributed by atoms with Crippen molar-refractivity contribution in [3.8, 4) is 0 Å². The molecule has 2 rings (SSSR count). The van der Waals surface area contributed by atoms with Gasteiger partial charge in [0.05, 0.1) is 25.4 Å². The molecule has 0 heterocycles. The van der Waals surface area contributed by atoms with E-state index in [-0.39, 0.29) is 26.3 Å². The fraction of sp³-hybridized carbons (Fsp3) is 0.455. The van der Waals surface area contributed by atoms with Crippen molar-refractivity contribution in [3.63, 3.8) is 0 Å². The summed E-state index contributed by atoms with van der Waals surface area (Å²) in [6, 6.07) is 19.7. The van der Waals surface area contributed by atoms with Gasteiger partial charge in [-0.1, -0.05) is 60.7 Å². The molecule has 0 bridgehead atoms. The predicted molar refractivity (Wildman–Crippen MR) is 110 cm³/mol. The summed E-state index contributed by atoms with van der Waals surface area (Å²) < 4.78 is 0. The highest BCUT2D eigenvalue weighted by molar-refractivity contribution is 5.15. The molecule has 0 amide bonds. The van der Waals surface area contributed by atoms with Crippen LogP contribution < -0.4 is 0 Å². The van der Waals surface area contributed by atoms with Gasteiger partial charge in [0, 0.05) is 39.3 Å². The van der Waals surface area contributed by atoms with Gasteiger partial charge in [0.25, 0.3) is 0 Å². The average Bonchev–Trinajstić information content (AvgIpc) is 2.70. The van der Waals surface area contributed by atoms with Crippen molar-refractivity contribution in [1.29, 1.82) is 0 Å². The monoisotopic (exact) mass is 388 g/mol. The van der Waals surface area contributed by atoms with Crippen LogP contribution in [0.5, 0.6) is 0 Å². The maximum Gasteiger partial charge on any atom is 0.0938 e. The fourth-order valence-electron chi connectivity index (χ4n) is 3.21. The summed E-state index contributed by atoms with van der Waals surface area (Å²) in [5.41, 5.74) is 2.17. The summed E-state index contributed by atoms with van der Waals surface area (Å²) in [7, 11) is 0. The minimum Gasteiger partial charge on any atom is -0.395 e. The number of benzene rings is 2. The van der Waals surface area contributed by atoms with E-state index >= 15 is 0 Å². The van der Waals surface area contributed by atoms with Gasteiger partial charge in [0.2, 0.25) is 0 Å². The van der Waals surface area contributed by atoms with Gasteiger partial charge in [-0.2, -0.15) is 0 Å². The Morgan fingerprint density at radius 1 is 0.607 bits per heavy atom. The van der Waals surface area contributed by atoms with Crippen molar-refractivity contribution in [2.24, 2.45) is 0 Å². The van der Waals surface area contributed by atoms with Gasteiger partial charge >= 0.3 is 0 Å². The van der Waals surface area contributed by atoms with Crippen LogP contribution in [0, 0.1) is 0 Å². The lowest BCUT2D eigenvalue weighted by atomic mass is 10.1. The summed E-state index contributed by atoms with van der Waals surface area (Å²) in [6.07, 6.45) is -1.90. The summed E-state index contributed by atoms with van der Waals surface area (Å²) in [6.45, 7) is 2.52. The quantitative estimate of drug-likeness (QED) is 0.404. The average molecular weight is 389 g/mol. The van der Waals surface area contributed by atoms with Crippen LogP contribution in [0.2, 0.25) is 0 Å². The molecule has 0 spiro atoms. The van der Waals surface area contributed by atoms with Crippen LogP contribution in [0.15, 0.2) is 60.7 Å². The molecule has 2 atom stereocenters. The van der Waals surface area contributed by atoms with Gasteiger partial charge in [-0.25, -0.2) is 0 Å². The van der Waals surface area contributed by atoms with Gasteiger partial charge < -0.3 is 20.4 Å². The molecule has 0 aromatic heterocycles. The molecular weight excluding hydrogens is 356 g/mol. The van der Waals surface area contributed by atoms with Gasteiger partial charge in [-0.05, 0) is 11.1 Å². The molecule has 0 saturated heterocycles. The van der Waals surface area contributed by atoms with Gasteiger partial charge in [0.1, 0.15) is 0 Å². The van der Waals surface area contributed by atoms with E-state index in [1.165, 1.54) is 0 Å². The van der Waals surface area contributed by atoms with Crippen molar-refractivity contribution in [3.05, 3.63) is 71.8 Å². The molecule has 0 radical (unpaired) electrons. The van der Waals surface area contributed by atoms with E-state index in [4.69, 9.17) is 0 Å².